The van der Waals surface area contributed by atoms with Gasteiger partial charge in [0.05, 0.1) is 0 Å². The second kappa shape index (κ2) is 6.22. The summed E-state index contributed by atoms with van der Waals surface area (Å²) in [6.07, 6.45) is 1.53. The van der Waals surface area contributed by atoms with Gasteiger partial charge in [-0.15, -0.1) is 0 Å². The molecule has 0 radical (unpaired) electrons. The lowest BCUT2D eigenvalue weighted by atomic mass is 10.2. The predicted molar refractivity (Wildman–Crippen MR) is 78.0 cm³/mol. The molecule has 1 unspecified atom stereocenters. The van der Waals surface area contributed by atoms with Crippen molar-refractivity contribution in [3.8, 4) is 0 Å². The number of aromatic nitrogens is 2. The average Bonchev–Trinajstić information content (AvgIpc) is 2.82. The lowest BCUT2D eigenvalue weighted by Gasteiger charge is -2.16. The molecule has 0 saturated heterocycles. The Labute approximate surface area is 125 Å². The van der Waals surface area contributed by atoms with Crippen LogP contribution in [0.4, 0.5) is 0 Å². The molecule has 4 N–H and O–H groups in total. The highest BCUT2D eigenvalue weighted by molar-refractivity contribution is 7.60. The van der Waals surface area contributed by atoms with Crippen molar-refractivity contribution in [2.75, 3.05) is 7.11 Å². The highest BCUT2D eigenvalue weighted by Crippen LogP contribution is 2.43. The Kier molecular flexibility index (Phi) is 4.89. The predicted octanol–water partition coefficient (Wildman–Crippen LogP) is 0.220. The molecule has 0 spiro atoms. The van der Waals surface area contributed by atoms with E-state index in [1.807, 2.05) is 0 Å². The van der Waals surface area contributed by atoms with Crippen LogP contribution in [0.1, 0.15) is 12.1 Å². The smallest absolute Gasteiger partial charge is 0.369 e. The van der Waals surface area contributed by atoms with Crippen molar-refractivity contribution in [1.29, 1.82) is 0 Å². The molecule has 0 fully saturated rings. The van der Waals surface area contributed by atoms with Gasteiger partial charge < -0.3 is 28.7 Å². The molecule has 0 aliphatic rings. The van der Waals surface area contributed by atoms with Crippen molar-refractivity contribution in [1.82, 2.24) is 9.38 Å². The number of imidazole rings is 1. The first kappa shape index (κ1) is 17.3. The fourth-order valence-corrected chi connectivity index (χ4v) is 3.33. The number of nitrogens with zero attached hydrogens (tertiary/aromatic N) is 2. The fraction of sp³-hybridized carbons (Fsp3) is 0.364. The first-order valence-corrected chi connectivity index (χ1v) is 9.53. The van der Waals surface area contributed by atoms with Crippen molar-refractivity contribution in [3.05, 3.63) is 30.1 Å². The maximum absolute atomic E-state index is 11.3. The van der Waals surface area contributed by atoms with Crippen molar-refractivity contribution in [3.63, 3.8) is 0 Å². The second-order valence-corrected chi connectivity index (χ2v) is 8.01. The summed E-state index contributed by atoms with van der Waals surface area (Å²) in [6.45, 7) is 0. The zero-order chi connectivity index (χ0) is 16.5. The summed E-state index contributed by atoms with van der Waals surface area (Å²) in [7, 11) is -7.61. The lowest BCUT2D eigenvalue weighted by molar-refractivity contribution is 0.129. The Bertz CT molecular complexity index is 763. The van der Waals surface area contributed by atoms with Crippen LogP contribution in [-0.2, 0) is 20.3 Å². The van der Waals surface area contributed by atoms with Gasteiger partial charge in [-0.1, -0.05) is 6.07 Å². The molecule has 0 amide bonds. The Hall–Kier alpha value is -1.05. The van der Waals surface area contributed by atoms with Crippen LogP contribution >= 0.6 is 15.2 Å². The van der Waals surface area contributed by atoms with Crippen molar-refractivity contribution in [2.45, 2.75) is 18.7 Å². The molecule has 0 saturated carbocycles. The van der Waals surface area contributed by atoms with Crippen LogP contribution in [0.3, 0.4) is 0 Å². The van der Waals surface area contributed by atoms with Gasteiger partial charge in [-0.05, 0) is 25.0 Å². The molecule has 2 heterocycles. The molecule has 9 nitrogen and oxygen atoms in total. The Morgan fingerprint density at radius 1 is 1.27 bits per heavy atom. The third-order valence-electron chi connectivity index (χ3n) is 3.16. The van der Waals surface area contributed by atoms with Gasteiger partial charge in [0.1, 0.15) is 5.65 Å². The zero-order valence-corrected chi connectivity index (χ0v) is 13.4. The van der Waals surface area contributed by atoms with Crippen LogP contribution in [0, 0.1) is 0 Å². The molecular formula is C11H16N2O7P2. The van der Waals surface area contributed by atoms with Gasteiger partial charge in [-0.3, -0.25) is 9.13 Å². The largest absolute Gasteiger partial charge is 0.376 e. The molecule has 2 rings (SSSR count). The maximum atomic E-state index is 11.3. The maximum Gasteiger partial charge on any atom is 0.376 e. The number of rotatable bonds is 6. The first-order valence-electron chi connectivity index (χ1n) is 6.24. The molecule has 122 valence electrons. The van der Waals surface area contributed by atoms with Crippen LogP contribution in [0.2, 0.25) is 0 Å². The topological polar surface area (TPSA) is 142 Å². The van der Waals surface area contributed by atoms with Crippen LogP contribution in [0.25, 0.3) is 5.65 Å². The summed E-state index contributed by atoms with van der Waals surface area (Å²) in [5.74, 6) is -1.23. The summed E-state index contributed by atoms with van der Waals surface area (Å²) in [5, 5.41) is 0. The molecule has 0 aliphatic carbocycles. The van der Waals surface area contributed by atoms with Crippen LogP contribution in [-0.4, -0.2) is 41.9 Å². The SMILES string of the molecule is COC(CCc1cccc2nc(P(=O)(O)O)cn12)P(=O)(O)O. The Morgan fingerprint density at radius 3 is 2.50 bits per heavy atom. The molecule has 11 heteroatoms. The summed E-state index contributed by atoms with van der Waals surface area (Å²) in [6, 6.07) is 4.92. The molecule has 0 aliphatic heterocycles. The number of fused-ring (bicyclic) bond motifs is 1. The number of aryl methyl sites for hydroxylation is 1. The van der Waals surface area contributed by atoms with E-state index in [1.54, 1.807) is 18.2 Å². The van der Waals surface area contributed by atoms with E-state index in [2.05, 4.69) is 4.98 Å². The summed E-state index contributed by atoms with van der Waals surface area (Å²) < 4.78 is 28.8. The van der Waals surface area contributed by atoms with Gasteiger partial charge >= 0.3 is 15.2 Å². The molecule has 1 atom stereocenters. The van der Waals surface area contributed by atoms with Crippen LogP contribution in [0.15, 0.2) is 24.4 Å². The van der Waals surface area contributed by atoms with Crippen LogP contribution < -0.4 is 5.44 Å². The highest BCUT2D eigenvalue weighted by atomic mass is 31.2. The summed E-state index contributed by atoms with van der Waals surface area (Å²) >= 11 is 0. The summed E-state index contributed by atoms with van der Waals surface area (Å²) in [5.41, 5.74) is 0.611. The quantitative estimate of drug-likeness (QED) is 0.542. The van der Waals surface area contributed by atoms with Crippen molar-refractivity contribution >= 4 is 26.3 Å². The van der Waals surface area contributed by atoms with E-state index < -0.39 is 21.0 Å². The molecule has 0 aromatic carbocycles. The Balaban J connectivity index is 2.30. The number of pyridine rings is 1. The summed E-state index contributed by atoms with van der Waals surface area (Å²) in [4.78, 5) is 40.5. The third kappa shape index (κ3) is 3.83. The first-order chi connectivity index (χ1) is 10.1. The van der Waals surface area contributed by atoms with E-state index in [-0.39, 0.29) is 18.3 Å². The number of ether oxygens (including phenoxy) is 1. The van der Waals surface area contributed by atoms with Gasteiger partial charge in [0.2, 0.25) is 0 Å². The molecule has 22 heavy (non-hydrogen) atoms. The number of hydrogen-bond donors (Lipinski definition) is 4. The fourth-order valence-electron chi connectivity index (χ4n) is 2.09. The molecular weight excluding hydrogens is 334 g/mol. The number of hydrogen-bond acceptors (Lipinski definition) is 4. The molecule has 0 bridgehead atoms. The van der Waals surface area contributed by atoms with E-state index in [9.17, 15) is 9.13 Å². The molecule has 2 aromatic heterocycles. The monoisotopic (exact) mass is 350 g/mol. The highest BCUT2D eigenvalue weighted by Gasteiger charge is 2.28. The van der Waals surface area contributed by atoms with Gasteiger partial charge in [-0.2, -0.15) is 0 Å². The lowest BCUT2D eigenvalue weighted by Crippen LogP contribution is -2.13. The van der Waals surface area contributed by atoms with Crippen molar-refractivity contribution < 1.29 is 33.4 Å². The van der Waals surface area contributed by atoms with Gasteiger partial charge in [-0.25, -0.2) is 4.98 Å². The minimum absolute atomic E-state index is 0.0588. The van der Waals surface area contributed by atoms with Gasteiger partial charge in [0.15, 0.2) is 11.3 Å². The average molecular weight is 350 g/mol. The van der Waals surface area contributed by atoms with E-state index in [4.69, 9.17) is 24.3 Å². The minimum atomic E-state index is -4.46. The van der Waals surface area contributed by atoms with E-state index >= 15 is 0 Å². The standard InChI is InChI=1S/C11H16N2O7P2/c1-20-11(22(17,18)19)6-5-8-3-2-4-9-12-10(7-13(8)9)21(14,15)16/h2-4,7,11H,5-6H2,1H3,(H2,14,15,16)(H2,17,18,19). The minimum Gasteiger partial charge on any atom is -0.369 e. The third-order valence-corrected chi connectivity index (χ3v) is 5.19. The van der Waals surface area contributed by atoms with Crippen LogP contribution in [0.5, 0.6) is 0 Å². The van der Waals surface area contributed by atoms with Crippen molar-refractivity contribution in [2.24, 2.45) is 0 Å². The number of methoxy groups -OCH3 is 1. The van der Waals surface area contributed by atoms with Gasteiger partial charge in [0.25, 0.3) is 0 Å². The van der Waals surface area contributed by atoms with E-state index in [1.165, 1.54) is 17.7 Å². The molecule has 2 aromatic rings. The van der Waals surface area contributed by atoms with E-state index in [0.717, 1.165) is 0 Å². The normalized spacial score (nSPS) is 14.4. The zero-order valence-electron chi connectivity index (χ0n) is 11.6. The van der Waals surface area contributed by atoms with E-state index in [0.29, 0.717) is 11.3 Å². The second-order valence-electron chi connectivity index (χ2n) is 4.71. The van der Waals surface area contributed by atoms with Gasteiger partial charge in [0, 0.05) is 19.0 Å². The Morgan fingerprint density at radius 2 is 1.95 bits per heavy atom.